The molecule has 0 radical (unpaired) electrons. The monoisotopic (exact) mass is 414 g/mol. The Morgan fingerprint density at radius 1 is 1.36 bits per heavy atom. The van der Waals surface area contributed by atoms with Gasteiger partial charge in [-0.05, 0) is 37.0 Å². The predicted molar refractivity (Wildman–Crippen MR) is 109 cm³/mol. The van der Waals surface area contributed by atoms with Gasteiger partial charge in [-0.25, -0.2) is 8.78 Å². The van der Waals surface area contributed by atoms with Crippen LogP contribution >= 0.6 is 11.6 Å². The molecule has 4 nitrogen and oxygen atoms in total. The van der Waals surface area contributed by atoms with E-state index in [9.17, 15) is 13.6 Å². The second-order valence-corrected chi connectivity index (χ2v) is 7.28. The van der Waals surface area contributed by atoms with E-state index in [4.69, 9.17) is 16.3 Å². The van der Waals surface area contributed by atoms with Gasteiger partial charge < -0.3 is 14.5 Å². The van der Waals surface area contributed by atoms with E-state index in [0.717, 1.165) is 5.69 Å². The highest BCUT2D eigenvalue weighted by Crippen LogP contribution is 2.35. The van der Waals surface area contributed by atoms with E-state index in [1.54, 1.807) is 13.2 Å². The van der Waals surface area contributed by atoms with Crippen molar-refractivity contribution in [2.45, 2.75) is 51.9 Å². The van der Waals surface area contributed by atoms with Gasteiger partial charge in [0.05, 0.1) is 22.7 Å². The lowest BCUT2D eigenvalue weighted by molar-refractivity contribution is -0.0452. The standard InChI is InChI=1S/C19H23ClF2N2O2.C2H6/c1-26-10-6-14-11-15(17-16(20)3-2-9-24(14)17)18(25)23-12-13-4-7-19(21,22)8-5-13;1-2/h2-3,9,11,13H,4-8,10,12H2,1H3,(H,23,25);1-2H3. The highest BCUT2D eigenvalue weighted by atomic mass is 35.5. The maximum absolute atomic E-state index is 13.3. The number of alkyl halides is 2. The summed E-state index contributed by atoms with van der Waals surface area (Å²) in [5.41, 5.74) is 2.10. The number of hydrogen-bond acceptors (Lipinski definition) is 2. The van der Waals surface area contributed by atoms with Gasteiger partial charge in [0.1, 0.15) is 0 Å². The molecule has 28 heavy (non-hydrogen) atoms. The quantitative estimate of drug-likeness (QED) is 0.691. The van der Waals surface area contributed by atoms with Gasteiger partial charge in [-0.1, -0.05) is 25.4 Å². The van der Waals surface area contributed by atoms with Crippen LogP contribution in [0.1, 0.15) is 55.6 Å². The largest absolute Gasteiger partial charge is 0.384 e. The number of pyridine rings is 1. The van der Waals surface area contributed by atoms with E-state index in [-0.39, 0.29) is 24.7 Å². The van der Waals surface area contributed by atoms with Crippen molar-refractivity contribution in [3.63, 3.8) is 0 Å². The summed E-state index contributed by atoms with van der Waals surface area (Å²) in [5, 5.41) is 3.40. The van der Waals surface area contributed by atoms with Crippen molar-refractivity contribution in [3.8, 4) is 0 Å². The zero-order valence-electron chi connectivity index (χ0n) is 16.7. The minimum absolute atomic E-state index is 0.0934. The summed E-state index contributed by atoms with van der Waals surface area (Å²) in [4.78, 5) is 12.7. The first-order valence-electron chi connectivity index (χ1n) is 9.85. The molecule has 2 heterocycles. The van der Waals surface area contributed by atoms with Crippen LogP contribution in [0.15, 0.2) is 24.4 Å². The first kappa shape index (κ1) is 22.6. The first-order chi connectivity index (χ1) is 13.4. The fourth-order valence-electron chi connectivity index (χ4n) is 3.49. The van der Waals surface area contributed by atoms with Crippen LogP contribution in [0.25, 0.3) is 5.52 Å². The number of carbonyl (C=O) groups excluding carboxylic acids is 1. The Morgan fingerprint density at radius 2 is 2.04 bits per heavy atom. The zero-order valence-corrected chi connectivity index (χ0v) is 17.5. The molecule has 1 fully saturated rings. The van der Waals surface area contributed by atoms with Gasteiger partial charge in [0, 0.05) is 44.8 Å². The molecule has 156 valence electrons. The molecule has 2 aromatic heterocycles. The van der Waals surface area contributed by atoms with Gasteiger partial charge in [0.15, 0.2) is 0 Å². The van der Waals surface area contributed by atoms with E-state index in [2.05, 4.69) is 5.32 Å². The van der Waals surface area contributed by atoms with E-state index < -0.39 is 5.92 Å². The summed E-state index contributed by atoms with van der Waals surface area (Å²) in [6, 6.07) is 5.40. The van der Waals surface area contributed by atoms with Crippen molar-refractivity contribution in [2.24, 2.45) is 5.92 Å². The average Bonchev–Trinajstić information content (AvgIpc) is 3.07. The number of hydrogen-bond donors (Lipinski definition) is 1. The molecule has 3 rings (SSSR count). The van der Waals surface area contributed by atoms with Crippen LogP contribution in [-0.2, 0) is 11.2 Å². The first-order valence-corrected chi connectivity index (χ1v) is 10.2. The number of fused-ring (bicyclic) bond motifs is 1. The second kappa shape index (κ2) is 10.2. The van der Waals surface area contributed by atoms with Crippen LogP contribution in [0, 0.1) is 5.92 Å². The van der Waals surface area contributed by atoms with Crippen molar-refractivity contribution in [2.75, 3.05) is 20.3 Å². The van der Waals surface area contributed by atoms with Gasteiger partial charge >= 0.3 is 0 Å². The minimum atomic E-state index is -2.55. The lowest BCUT2D eigenvalue weighted by atomic mass is 9.87. The number of nitrogens with zero attached hydrogens (tertiary/aromatic N) is 1. The second-order valence-electron chi connectivity index (χ2n) is 6.88. The zero-order chi connectivity index (χ0) is 20.7. The van der Waals surface area contributed by atoms with Crippen molar-refractivity contribution in [3.05, 3.63) is 40.7 Å². The maximum atomic E-state index is 13.3. The Balaban J connectivity index is 0.00000136. The van der Waals surface area contributed by atoms with Gasteiger partial charge in [-0.3, -0.25) is 4.79 Å². The van der Waals surface area contributed by atoms with Crippen LogP contribution in [0.2, 0.25) is 5.02 Å². The third-order valence-corrected chi connectivity index (χ3v) is 5.32. The molecule has 1 aliphatic carbocycles. The average molecular weight is 415 g/mol. The fraction of sp³-hybridized carbons (Fsp3) is 0.571. The van der Waals surface area contributed by atoms with Gasteiger partial charge in [0.25, 0.3) is 5.91 Å². The predicted octanol–water partition coefficient (Wildman–Crippen LogP) is 5.36. The number of halogens is 3. The number of carbonyl (C=O) groups is 1. The Kier molecular flexibility index (Phi) is 8.25. The Labute approximate surface area is 170 Å². The van der Waals surface area contributed by atoms with Gasteiger partial charge in [-0.15, -0.1) is 0 Å². The van der Waals surface area contributed by atoms with Crippen LogP contribution in [0.3, 0.4) is 0 Å². The molecule has 0 atom stereocenters. The molecule has 2 aromatic rings. The molecular weight excluding hydrogens is 386 g/mol. The van der Waals surface area contributed by atoms with Crippen molar-refractivity contribution in [1.82, 2.24) is 9.72 Å². The SMILES string of the molecule is CC.COCCc1cc(C(=O)NCC2CCC(F)(F)CC2)c2c(Cl)cccn12. The fourth-order valence-corrected chi connectivity index (χ4v) is 3.76. The van der Waals surface area contributed by atoms with Gasteiger partial charge in [0.2, 0.25) is 5.92 Å². The van der Waals surface area contributed by atoms with E-state index in [0.29, 0.717) is 48.5 Å². The molecule has 0 unspecified atom stereocenters. The molecular formula is C21H29ClF2N2O2. The third-order valence-electron chi connectivity index (χ3n) is 5.02. The smallest absolute Gasteiger partial charge is 0.253 e. The molecule has 1 N–H and O–H groups in total. The summed E-state index contributed by atoms with van der Waals surface area (Å²) < 4.78 is 33.5. The van der Waals surface area contributed by atoms with Crippen LogP contribution < -0.4 is 5.32 Å². The highest BCUT2D eigenvalue weighted by Gasteiger charge is 2.34. The summed E-state index contributed by atoms with van der Waals surface area (Å²) in [6.07, 6.45) is 3.19. The molecule has 0 aromatic carbocycles. The number of rotatable bonds is 6. The summed E-state index contributed by atoms with van der Waals surface area (Å²) in [5.74, 6) is -2.68. The molecule has 0 saturated heterocycles. The number of ether oxygens (including phenoxy) is 1. The number of aromatic nitrogens is 1. The Hall–Kier alpha value is -1.66. The summed E-state index contributed by atoms with van der Waals surface area (Å²) >= 11 is 6.32. The van der Waals surface area contributed by atoms with Crippen LogP contribution in [0.5, 0.6) is 0 Å². The topological polar surface area (TPSA) is 42.7 Å². The lowest BCUT2D eigenvalue weighted by Crippen LogP contribution is -2.33. The molecule has 0 aliphatic heterocycles. The van der Waals surface area contributed by atoms with Crippen molar-refractivity contribution < 1.29 is 18.3 Å². The molecule has 0 bridgehead atoms. The number of nitrogens with one attached hydrogen (secondary N) is 1. The molecule has 1 aliphatic rings. The summed E-state index contributed by atoms with van der Waals surface area (Å²) in [7, 11) is 1.63. The molecule has 7 heteroatoms. The van der Waals surface area contributed by atoms with Crippen LogP contribution in [0.4, 0.5) is 8.78 Å². The Bertz CT molecular complexity index is 782. The Morgan fingerprint density at radius 3 is 2.68 bits per heavy atom. The van der Waals surface area contributed by atoms with Crippen molar-refractivity contribution in [1.29, 1.82) is 0 Å². The van der Waals surface area contributed by atoms with E-state index in [1.165, 1.54) is 0 Å². The summed E-state index contributed by atoms with van der Waals surface area (Å²) in [6.45, 7) is 4.94. The molecule has 1 amide bonds. The van der Waals surface area contributed by atoms with Crippen LogP contribution in [-0.4, -0.2) is 36.5 Å². The van der Waals surface area contributed by atoms with Crippen molar-refractivity contribution >= 4 is 23.0 Å². The van der Waals surface area contributed by atoms with E-state index in [1.807, 2.05) is 36.6 Å². The van der Waals surface area contributed by atoms with Gasteiger partial charge in [-0.2, -0.15) is 0 Å². The van der Waals surface area contributed by atoms with E-state index >= 15 is 0 Å². The third kappa shape index (κ3) is 5.45. The molecule has 0 spiro atoms. The lowest BCUT2D eigenvalue weighted by Gasteiger charge is -2.28. The molecule has 1 saturated carbocycles. The maximum Gasteiger partial charge on any atom is 0.253 e. The number of amides is 1. The normalized spacial score (nSPS) is 16.5. The highest BCUT2D eigenvalue weighted by molar-refractivity contribution is 6.34. The number of methoxy groups -OCH3 is 1. The minimum Gasteiger partial charge on any atom is -0.384 e.